The van der Waals surface area contributed by atoms with Crippen LogP contribution < -0.4 is 5.32 Å². The SMILES string of the molecule is CC(C1CO1)N1CCCNCC1. The fourth-order valence-corrected chi connectivity index (χ4v) is 1.84. The quantitative estimate of drug-likeness (QED) is 0.594. The summed E-state index contributed by atoms with van der Waals surface area (Å²) in [7, 11) is 0. The molecule has 2 fully saturated rings. The molecule has 1 N–H and O–H groups in total. The van der Waals surface area contributed by atoms with Crippen LogP contribution in [0.15, 0.2) is 0 Å². The Morgan fingerprint density at radius 1 is 1.42 bits per heavy atom. The van der Waals surface area contributed by atoms with Gasteiger partial charge in [0.15, 0.2) is 0 Å². The van der Waals surface area contributed by atoms with E-state index < -0.39 is 0 Å². The molecule has 2 atom stereocenters. The zero-order valence-electron chi connectivity index (χ0n) is 7.75. The third-order valence-corrected chi connectivity index (χ3v) is 2.85. The van der Waals surface area contributed by atoms with Crippen LogP contribution in [0.1, 0.15) is 13.3 Å². The maximum absolute atomic E-state index is 5.30. The van der Waals surface area contributed by atoms with E-state index in [0.717, 1.165) is 13.2 Å². The van der Waals surface area contributed by atoms with Crippen LogP contribution in [0.5, 0.6) is 0 Å². The van der Waals surface area contributed by atoms with Gasteiger partial charge in [-0.2, -0.15) is 0 Å². The van der Waals surface area contributed by atoms with Gasteiger partial charge in [0.2, 0.25) is 0 Å². The minimum atomic E-state index is 0.531. The van der Waals surface area contributed by atoms with Gasteiger partial charge in [-0.25, -0.2) is 0 Å². The molecular weight excluding hydrogens is 152 g/mol. The van der Waals surface area contributed by atoms with Gasteiger partial charge in [-0.1, -0.05) is 0 Å². The van der Waals surface area contributed by atoms with E-state index in [4.69, 9.17) is 4.74 Å². The number of ether oxygens (including phenoxy) is 1. The summed E-state index contributed by atoms with van der Waals surface area (Å²) in [6.07, 6.45) is 1.81. The largest absolute Gasteiger partial charge is 0.371 e. The Kier molecular flexibility index (Phi) is 2.63. The molecular formula is C9H18N2O. The number of hydrogen-bond donors (Lipinski definition) is 1. The van der Waals surface area contributed by atoms with Gasteiger partial charge in [-0.05, 0) is 26.4 Å². The van der Waals surface area contributed by atoms with Crippen molar-refractivity contribution in [3.63, 3.8) is 0 Å². The first kappa shape index (κ1) is 8.48. The smallest absolute Gasteiger partial charge is 0.0961 e. The van der Waals surface area contributed by atoms with Crippen molar-refractivity contribution < 1.29 is 4.74 Å². The number of hydrogen-bond acceptors (Lipinski definition) is 3. The molecule has 3 heteroatoms. The predicted octanol–water partition coefficient (Wildman–Crippen LogP) is 0.0690. The Hall–Kier alpha value is -0.120. The van der Waals surface area contributed by atoms with E-state index in [1.54, 1.807) is 0 Å². The molecule has 2 aliphatic heterocycles. The summed E-state index contributed by atoms with van der Waals surface area (Å²) in [6, 6.07) is 0.630. The molecule has 70 valence electrons. The van der Waals surface area contributed by atoms with Crippen LogP contribution in [0.3, 0.4) is 0 Å². The number of nitrogens with zero attached hydrogens (tertiary/aromatic N) is 1. The molecule has 2 saturated heterocycles. The van der Waals surface area contributed by atoms with E-state index in [1.807, 2.05) is 0 Å². The summed E-state index contributed by atoms with van der Waals surface area (Å²) in [5.74, 6) is 0. The Balaban J connectivity index is 1.82. The van der Waals surface area contributed by atoms with E-state index in [2.05, 4.69) is 17.1 Å². The zero-order chi connectivity index (χ0) is 8.39. The third-order valence-electron chi connectivity index (χ3n) is 2.85. The van der Waals surface area contributed by atoms with Gasteiger partial charge in [0.25, 0.3) is 0 Å². The van der Waals surface area contributed by atoms with Crippen LogP contribution in [-0.4, -0.2) is 49.8 Å². The van der Waals surface area contributed by atoms with E-state index in [9.17, 15) is 0 Å². The van der Waals surface area contributed by atoms with Crippen LogP contribution in [0, 0.1) is 0 Å². The summed E-state index contributed by atoms with van der Waals surface area (Å²) in [5.41, 5.74) is 0. The van der Waals surface area contributed by atoms with Crippen molar-refractivity contribution in [3.8, 4) is 0 Å². The van der Waals surface area contributed by atoms with E-state index in [1.165, 1.54) is 26.1 Å². The molecule has 0 bridgehead atoms. The highest BCUT2D eigenvalue weighted by Gasteiger charge is 2.33. The van der Waals surface area contributed by atoms with Crippen LogP contribution in [-0.2, 0) is 4.74 Å². The molecule has 0 radical (unpaired) electrons. The van der Waals surface area contributed by atoms with Gasteiger partial charge in [0.1, 0.15) is 0 Å². The molecule has 0 amide bonds. The Labute approximate surface area is 74.1 Å². The maximum Gasteiger partial charge on any atom is 0.0961 e. The van der Waals surface area contributed by atoms with E-state index in [0.29, 0.717) is 12.1 Å². The van der Waals surface area contributed by atoms with Crippen LogP contribution in [0.2, 0.25) is 0 Å². The first-order chi connectivity index (χ1) is 5.88. The lowest BCUT2D eigenvalue weighted by Gasteiger charge is -2.25. The van der Waals surface area contributed by atoms with Crippen molar-refractivity contribution in [1.29, 1.82) is 0 Å². The van der Waals surface area contributed by atoms with Crippen molar-refractivity contribution in [2.75, 3.05) is 32.8 Å². The molecule has 3 nitrogen and oxygen atoms in total. The van der Waals surface area contributed by atoms with Gasteiger partial charge in [0, 0.05) is 19.1 Å². The Bertz CT molecular complexity index is 139. The molecule has 0 saturated carbocycles. The van der Waals surface area contributed by atoms with Crippen molar-refractivity contribution >= 4 is 0 Å². The normalized spacial score (nSPS) is 34.2. The van der Waals surface area contributed by atoms with E-state index in [-0.39, 0.29) is 0 Å². The lowest BCUT2D eigenvalue weighted by atomic mass is 10.2. The van der Waals surface area contributed by atoms with Gasteiger partial charge in [-0.3, -0.25) is 4.90 Å². The highest BCUT2D eigenvalue weighted by molar-refractivity contribution is 4.84. The molecule has 0 aromatic heterocycles. The van der Waals surface area contributed by atoms with Crippen molar-refractivity contribution in [2.24, 2.45) is 0 Å². The first-order valence-corrected chi connectivity index (χ1v) is 4.94. The molecule has 2 rings (SSSR count). The second-order valence-corrected chi connectivity index (χ2v) is 3.75. The monoisotopic (exact) mass is 170 g/mol. The van der Waals surface area contributed by atoms with Gasteiger partial charge < -0.3 is 10.1 Å². The number of epoxide rings is 1. The highest BCUT2D eigenvalue weighted by Crippen LogP contribution is 2.19. The Morgan fingerprint density at radius 2 is 2.25 bits per heavy atom. The van der Waals surface area contributed by atoms with Crippen molar-refractivity contribution in [1.82, 2.24) is 10.2 Å². The highest BCUT2D eigenvalue weighted by atomic mass is 16.6. The topological polar surface area (TPSA) is 27.8 Å². The van der Waals surface area contributed by atoms with Crippen LogP contribution in [0.25, 0.3) is 0 Å². The maximum atomic E-state index is 5.30. The summed E-state index contributed by atoms with van der Waals surface area (Å²) < 4.78 is 5.30. The van der Waals surface area contributed by atoms with Crippen LogP contribution >= 0.6 is 0 Å². The number of rotatable bonds is 2. The summed E-state index contributed by atoms with van der Waals surface area (Å²) in [6.45, 7) is 7.98. The summed E-state index contributed by atoms with van der Waals surface area (Å²) in [5, 5.41) is 3.41. The third kappa shape index (κ3) is 1.97. The second-order valence-electron chi connectivity index (χ2n) is 3.75. The van der Waals surface area contributed by atoms with Crippen molar-refractivity contribution in [3.05, 3.63) is 0 Å². The van der Waals surface area contributed by atoms with Gasteiger partial charge >= 0.3 is 0 Å². The molecule has 12 heavy (non-hydrogen) atoms. The second kappa shape index (κ2) is 3.73. The Morgan fingerprint density at radius 3 is 3.00 bits per heavy atom. The summed E-state index contributed by atoms with van der Waals surface area (Å²) in [4.78, 5) is 2.54. The fourth-order valence-electron chi connectivity index (χ4n) is 1.84. The standard InChI is InChI=1S/C9H18N2O/c1-8(9-7-12-9)11-5-2-3-10-4-6-11/h8-10H,2-7H2,1H3. The molecule has 0 aliphatic carbocycles. The number of nitrogens with one attached hydrogen (secondary N) is 1. The van der Waals surface area contributed by atoms with Crippen molar-refractivity contribution in [2.45, 2.75) is 25.5 Å². The molecule has 0 aromatic rings. The van der Waals surface area contributed by atoms with Gasteiger partial charge in [-0.15, -0.1) is 0 Å². The molecule has 0 aromatic carbocycles. The summed E-state index contributed by atoms with van der Waals surface area (Å²) >= 11 is 0. The predicted molar refractivity (Wildman–Crippen MR) is 48.3 cm³/mol. The molecule has 0 spiro atoms. The lowest BCUT2D eigenvalue weighted by molar-refractivity contribution is 0.184. The first-order valence-electron chi connectivity index (χ1n) is 4.94. The minimum absolute atomic E-state index is 0.531. The van der Waals surface area contributed by atoms with Gasteiger partial charge in [0.05, 0.1) is 12.7 Å². The zero-order valence-corrected chi connectivity index (χ0v) is 7.75. The average molecular weight is 170 g/mol. The molecule has 2 unspecified atom stereocenters. The lowest BCUT2D eigenvalue weighted by Crippen LogP contribution is -2.39. The fraction of sp³-hybridized carbons (Fsp3) is 1.00. The molecule has 2 aliphatic rings. The minimum Gasteiger partial charge on any atom is -0.371 e. The van der Waals surface area contributed by atoms with Crippen LogP contribution in [0.4, 0.5) is 0 Å². The van der Waals surface area contributed by atoms with E-state index >= 15 is 0 Å². The molecule has 2 heterocycles. The average Bonchev–Trinajstić information content (AvgIpc) is 2.92.